The lowest BCUT2D eigenvalue weighted by Gasteiger charge is -2.25. The first-order chi connectivity index (χ1) is 17.6. The first kappa shape index (κ1) is 26.5. The third kappa shape index (κ3) is 6.75. The van der Waals surface area contributed by atoms with Crippen molar-refractivity contribution in [3.05, 3.63) is 87.5 Å². The minimum Gasteiger partial charge on any atom is -0.492 e. The van der Waals surface area contributed by atoms with Crippen LogP contribution in [0.25, 0.3) is 0 Å². The fraction of sp³-hybridized carbons (Fsp3) is 0.208. The third-order valence-electron chi connectivity index (χ3n) is 5.33. The Morgan fingerprint density at radius 2 is 1.78 bits per heavy atom. The molecule has 1 atom stereocenters. The number of rotatable bonds is 10. The van der Waals surface area contributed by atoms with Gasteiger partial charge >= 0.3 is 17.8 Å². The van der Waals surface area contributed by atoms with Crippen molar-refractivity contribution in [3.63, 3.8) is 0 Å². The molecule has 2 amide bonds. The van der Waals surface area contributed by atoms with Crippen molar-refractivity contribution in [3.8, 4) is 5.88 Å². The van der Waals surface area contributed by atoms with E-state index in [2.05, 4.69) is 10.3 Å². The lowest BCUT2D eigenvalue weighted by Crippen LogP contribution is -2.55. The number of aromatic nitrogens is 2. The number of imidazole rings is 1. The Bertz CT molecular complexity index is 1350. The van der Waals surface area contributed by atoms with Gasteiger partial charge in [-0.25, -0.2) is 19.4 Å². The zero-order valence-electron chi connectivity index (χ0n) is 19.8. The second-order valence-electron chi connectivity index (χ2n) is 8.03. The number of aliphatic carboxylic acids is 1. The van der Waals surface area contributed by atoms with Crippen LogP contribution in [0.5, 0.6) is 5.88 Å². The molecule has 3 rings (SSSR count). The van der Waals surface area contributed by atoms with Gasteiger partial charge in [-0.05, 0) is 11.1 Å². The van der Waals surface area contributed by atoms with E-state index in [1.807, 2.05) is 0 Å². The lowest BCUT2D eigenvalue weighted by atomic mass is 10.1. The fourth-order valence-electron chi connectivity index (χ4n) is 3.43. The number of nitrogens with zero attached hydrogens (tertiary/aromatic N) is 2. The Balaban J connectivity index is 1.76. The summed E-state index contributed by atoms with van der Waals surface area (Å²) >= 11 is 0. The standard InChI is InChI=1S/C24H26N6O7/c1-14(31)29(12-19(22(33)34)28-24(36)37-13-16-5-3-2-4-6-16)30-21(32)18(27-23(30)35)11-15-7-9-17(10-8-15)20(25)26/h2-10,19,32H,11-13H2,1H3,(H3,25,26)(H,27,35)(H,28,36)(H,33,34)/t19-/m0/s1. The average Bonchev–Trinajstić information content (AvgIpc) is 3.13. The second-order valence-corrected chi connectivity index (χ2v) is 8.03. The highest BCUT2D eigenvalue weighted by Gasteiger charge is 2.29. The van der Waals surface area contributed by atoms with Gasteiger partial charge in [0.15, 0.2) is 0 Å². The van der Waals surface area contributed by atoms with Crippen LogP contribution < -0.4 is 21.7 Å². The highest BCUT2D eigenvalue weighted by Crippen LogP contribution is 2.18. The van der Waals surface area contributed by atoms with Gasteiger partial charge in [0, 0.05) is 18.9 Å². The second kappa shape index (κ2) is 11.6. The number of carbonyl (C=O) groups excluding carboxylic acids is 2. The molecule has 13 nitrogen and oxygen atoms in total. The zero-order chi connectivity index (χ0) is 27.1. The van der Waals surface area contributed by atoms with Crippen LogP contribution in [-0.2, 0) is 27.4 Å². The van der Waals surface area contributed by atoms with Gasteiger partial charge in [0.2, 0.25) is 11.8 Å². The molecule has 0 fully saturated rings. The first-order valence-corrected chi connectivity index (χ1v) is 11.0. The van der Waals surface area contributed by atoms with Crippen molar-refractivity contribution < 1.29 is 29.3 Å². The Kier molecular flexibility index (Phi) is 8.30. The number of hydrogen-bond acceptors (Lipinski definition) is 7. The molecule has 0 aliphatic carbocycles. The summed E-state index contributed by atoms with van der Waals surface area (Å²) < 4.78 is 5.64. The number of amidine groups is 1. The summed E-state index contributed by atoms with van der Waals surface area (Å²) in [5.41, 5.74) is 6.45. The number of amides is 2. The topological polar surface area (TPSA) is 204 Å². The molecule has 3 aromatic rings. The molecule has 0 radical (unpaired) electrons. The highest BCUT2D eigenvalue weighted by atomic mass is 16.5. The third-order valence-corrected chi connectivity index (χ3v) is 5.33. The van der Waals surface area contributed by atoms with Crippen LogP contribution in [0.2, 0.25) is 0 Å². The SMILES string of the molecule is CC(=O)N(C[C@H](NC(=O)OCc1ccccc1)C(=O)O)n1c(O)c(Cc2ccc(C(=N)N)cc2)[nH]c1=O. The normalized spacial score (nSPS) is 11.4. The summed E-state index contributed by atoms with van der Waals surface area (Å²) in [6, 6.07) is 13.6. The summed E-state index contributed by atoms with van der Waals surface area (Å²) in [4.78, 5) is 51.4. The van der Waals surface area contributed by atoms with Gasteiger partial charge in [0.1, 0.15) is 18.5 Å². The van der Waals surface area contributed by atoms with Gasteiger partial charge in [-0.1, -0.05) is 54.6 Å². The van der Waals surface area contributed by atoms with Crippen molar-refractivity contribution in [2.75, 3.05) is 11.6 Å². The van der Waals surface area contributed by atoms with E-state index < -0.39 is 42.1 Å². The van der Waals surface area contributed by atoms with E-state index in [9.17, 15) is 29.4 Å². The quantitative estimate of drug-likeness (QED) is 0.168. The van der Waals surface area contributed by atoms with Gasteiger partial charge in [-0.3, -0.25) is 10.2 Å². The predicted octanol–water partition coefficient (Wildman–Crippen LogP) is 0.621. The largest absolute Gasteiger partial charge is 0.492 e. The van der Waals surface area contributed by atoms with Crippen LogP contribution in [0.3, 0.4) is 0 Å². The predicted molar refractivity (Wildman–Crippen MR) is 132 cm³/mol. The molecule has 2 aromatic carbocycles. The zero-order valence-corrected chi connectivity index (χ0v) is 19.8. The molecule has 1 aromatic heterocycles. The maximum absolute atomic E-state index is 12.6. The molecule has 194 valence electrons. The maximum atomic E-state index is 12.6. The minimum atomic E-state index is -1.66. The number of carboxylic acid groups (broad SMARTS) is 1. The number of hydrogen-bond donors (Lipinski definition) is 6. The number of carboxylic acids is 1. The van der Waals surface area contributed by atoms with Crippen molar-refractivity contribution in [1.29, 1.82) is 5.41 Å². The number of nitrogens with one attached hydrogen (secondary N) is 3. The Morgan fingerprint density at radius 1 is 1.14 bits per heavy atom. The highest BCUT2D eigenvalue weighted by molar-refractivity contribution is 5.94. The van der Waals surface area contributed by atoms with Crippen LogP contribution in [0.1, 0.15) is 29.3 Å². The van der Waals surface area contributed by atoms with Crippen molar-refractivity contribution in [1.82, 2.24) is 15.0 Å². The molecular formula is C24H26N6O7. The number of aromatic hydroxyl groups is 1. The number of aromatic amines is 1. The summed E-state index contributed by atoms with van der Waals surface area (Å²) in [5.74, 6) is -2.97. The minimum absolute atomic E-state index is 0.0599. The fourth-order valence-corrected chi connectivity index (χ4v) is 3.43. The molecule has 0 unspecified atom stereocenters. The number of alkyl carbamates (subject to hydrolysis) is 1. The van der Waals surface area contributed by atoms with Crippen LogP contribution >= 0.6 is 0 Å². The molecule has 0 saturated carbocycles. The molecule has 7 N–H and O–H groups in total. The first-order valence-electron chi connectivity index (χ1n) is 11.0. The molecule has 0 spiro atoms. The Hall–Kier alpha value is -5.07. The molecule has 37 heavy (non-hydrogen) atoms. The van der Waals surface area contributed by atoms with Gasteiger partial charge in [0.05, 0.1) is 12.2 Å². The molecule has 0 aliphatic heterocycles. The number of ether oxygens (including phenoxy) is 1. The number of H-pyrrole nitrogens is 1. The summed E-state index contributed by atoms with van der Waals surface area (Å²) in [7, 11) is 0. The lowest BCUT2D eigenvalue weighted by molar-refractivity contribution is -0.139. The van der Waals surface area contributed by atoms with E-state index in [1.54, 1.807) is 54.6 Å². The van der Waals surface area contributed by atoms with Crippen LogP contribution in [0.4, 0.5) is 4.79 Å². The maximum Gasteiger partial charge on any atom is 0.408 e. The van der Waals surface area contributed by atoms with Crippen molar-refractivity contribution >= 4 is 23.8 Å². The average molecular weight is 511 g/mol. The smallest absolute Gasteiger partial charge is 0.408 e. The molecule has 0 bridgehead atoms. The van der Waals surface area contributed by atoms with Crippen LogP contribution in [0.15, 0.2) is 59.4 Å². The Labute approximate surface area is 210 Å². The van der Waals surface area contributed by atoms with Crippen molar-refractivity contribution in [2.45, 2.75) is 26.0 Å². The van der Waals surface area contributed by atoms with Gasteiger partial charge in [-0.15, -0.1) is 0 Å². The summed E-state index contributed by atoms with van der Waals surface area (Å²) in [5, 5.41) is 30.6. The van der Waals surface area contributed by atoms with E-state index in [0.717, 1.165) is 6.92 Å². The van der Waals surface area contributed by atoms with E-state index in [0.29, 0.717) is 26.4 Å². The van der Waals surface area contributed by atoms with Gasteiger partial charge in [0.25, 0.3) is 0 Å². The summed E-state index contributed by atoms with van der Waals surface area (Å²) in [6.07, 6.45) is -0.982. The van der Waals surface area contributed by atoms with Crippen molar-refractivity contribution in [2.24, 2.45) is 5.73 Å². The molecule has 13 heteroatoms. The molecule has 0 aliphatic rings. The van der Waals surface area contributed by atoms with Crippen LogP contribution in [-0.4, -0.2) is 56.3 Å². The van der Waals surface area contributed by atoms with Crippen LogP contribution in [0, 0.1) is 5.41 Å². The van der Waals surface area contributed by atoms with Gasteiger partial charge in [-0.2, -0.15) is 4.68 Å². The Morgan fingerprint density at radius 3 is 2.35 bits per heavy atom. The van der Waals surface area contributed by atoms with Gasteiger partial charge < -0.3 is 31.0 Å². The molecule has 0 saturated heterocycles. The van der Waals surface area contributed by atoms with E-state index >= 15 is 0 Å². The van der Waals surface area contributed by atoms with E-state index in [1.165, 1.54) is 0 Å². The number of nitrogen functional groups attached to an aromatic ring is 1. The number of carbonyl (C=O) groups is 3. The summed E-state index contributed by atoms with van der Waals surface area (Å²) in [6.45, 7) is 0.291. The molecular weight excluding hydrogens is 484 g/mol. The van der Waals surface area contributed by atoms with E-state index in [-0.39, 0.29) is 24.6 Å². The number of nitrogens with two attached hydrogens (primary N) is 1. The number of benzene rings is 2. The molecule has 1 heterocycles. The monoisotopic (exact) mass is 510 g/mol. The van der Waals surface area contributed by atoms with E-state index in [4.69, 9.17) is 15.9 Å².